The van der Waals surface area contributed by atoms with Gasteiger partial charge < -0.3 is 0 Å². The van der Waals surface area contributed by atoms with E-state index in [4.69, 9.17) is 0 Å². The van der Waals surface area contributed by atoms with Crippen LogP contribution in [-0.4, -0.2) is 10.2 Å². The summed E-state index contributed by atoms with van der Waals surface area (Å²) in [4.78, 5) is 23.3. The number of hydrogen-bond donors (Lipinski definition) is 2. The first kappa shape index (κ1) is 12.2. The third-order valence-corrected chi connectivity index (χ3v) is 3.09. The van der Waals surface area contributed by atoms with Crippen LogP contribution in [0.15, 0.2) is 58.1 Å². The van der Waals surface area contributed by atoms with Crippen molar-refractivity contribution in [3.05, 3.63) is 80.4 Å². The predicted octanol–water partition coefficient (Wildman–Crippen LogP) is 2.39. The Morgan fingerprint density at radius 3 is 2.10 bits per heavy atom. The van der Waals surface area contributed by atoms with Gasteiger partial charge in [-0.3, -0.25) is 19.8 Å². The summed E-state index contributed by atoms with van der Waals surface area (Å²) in [5.74, 6) is 0. The Labute approximate surface area is 114 Å². The molecule has 4 heteroatoms. The van der Waals surface area contributed by atoms with E-state index in [1.54, 1.807) is 12.1 Å². The third kappa shape index (κ3) is 2.31. The molecule has 0 saturated carbocycles. The quantitative estimate of drug-likeness (QED) is 0.698. The normalized spacial score (nSPS) is 11.2. The summed E-state index contributed by atoms with van der Waals surface area (Å²) >= 11 is 0. The zero-order chi connectivity index (χ0) is 13.9. The average Bonchev–Trinajstić information content (AvgIpc) is 2.50. The SMILES string of the molecule is O=c1[nH][nH]c(=O)c2cc(/C=C/c3ccccc3)ccc12. The van der Waals surface area contributed by atoms with E-state index in [0.717, 1.165) is 11.1 Å². The molecule has 2 N–H and O–H groups in total. The van der Waals surface area contributed by atoms with E-state index in [1.807, 2.05) is 48.6 Å². The molecule has 2 aromatic carbocycles. The molecule has 0 amide bonds. The van der Waals surface area contributed by atoms with Gasteiger partial charge in [-0.05, 0) is 23.3 Å². The van der Waals surface area contributed by atoms with Gasteiger partial charge in [-0.2, -0.15) is 0 Å². The Morgan fingerprint density at radius 2 is 1.35 bits per heavy atom. The van der Waals surface area contributed by atoms with Crippen molar-refractivity contribution < 1.29 is 0 Å². The molecule has 0 bridgehead atoms. The third-order valence-electron chi connectivity index (χ3n) is 3.09. The van der Waals surface area contributed by atoms with E-state index in [1.165, 1.54) is 0 Å². The van der Waals surface area contributed by atoms with Crippen molar-refractivity contribution in [1.82, 2.24) is 10.2 Å². The minimum Gasteiger partial charge on any atom is -0.267 e. The van der Waals surface area contributed by atoms with Gasteiger partial charge in [0, 0.05) is 0 Å². The van der Waals surface area contributed by atoms with E-state index < -0.39 is 0 Å². The lowest BCUT2D eigenvalue weighted by Crippen LogP contribution is -2.18. The number of benzene rings is 2. The molecule has 3 aromatic rings. The van der Waals surface area contributed by atoms with Crippen LogP contribution >= 0.6 is 0 Å². The molecule has 4 nitrogen and oxygen atoms in total. The minimum absolute atomic E-state index is 0.293. The summed E-state index contributed by atoms with van der Waals surface area (Å²) in [5.41, 5.74) is 1.36. The summed E-state index contributed by atoms with van der Waals surface area (Å²) in [6.07, 6.45) is 3.87. The molecule has 1 aromatic heterocycles. The maximum absolute atomic E-state index is 11.7. The number of aromatic nitrogens is 2. The van der Waals surface area contributed by atoms with E-state index in [9.17, 15) is 9.59 Å². The largest absolute Gasteiger partial charge is 0.270 e. The van der Waals surface area contributed by atoms with E-state index in [2.05, 4.69) is 10.2 Å². The summed E-state index contributed by atoms with van der Waals surface area (Å²) in [7, 11) is 0. The predicted molar refractivity (Wildman–Crippen MR) is 80.6 cm³/mol. The lowest BCUT2D eigenvalue weighted by atomic mass is 10.1. The lowest BCUT2D eigenvalue weighted by molar-refractivity contribution is 0.976. The van der Waals surface area contributed by atoms with Crippen LogP contribution in [0.4, 0.5) is 0 Å². The first-order valence-corrected chi connectivity index (χ1v) is 6.22. The number of aromatic amines is 2. The van der Waals surface area contributed by atoms with Gasteiger partial charge in [0.15, 0.2) is 0 Å². The summed E-state index contributed by atoms with van der Waals surface area (Å²) < 4.78 is 0. The van der Waals surface area contributed by atoms with Crippen molar-refractivity contribution in [3.8, 4) is 0 Å². The first-order chi connectivity index (χ1) is 9.74. The highest BCUT2D eigenvalue weighted by molar-refractivity contribution is 5.84. The molecule has 0 saturated heterocycles. The number of hydrogen-bond acceptors (Lipinski definition) is 2. The maximum Gasteiger partial charge on any atom is 0.270 e. The fourth-order valence-electron chi connectivity index (χ4n) is 2.06. The van der Waals surface area contributed by atoms with Crippen molar-refractivity contribution in [2.24, 2.45) is 0 Å². The summed E-state index contributed by atoms with van der Waals surface area (Å²) in [6.45, 7) is 0. The average molecular weight is 264 g/mol. The Bertz CT molecular complexity index is 889. The van der Waals surface area contributed by atoms with Gasteiger partial charge in [-0.1, -0.05) is 48.6 Å². The Balaban J connectivity index is 2.06. The zero-order valence-electron chi connectivity index (χ0n) is 10.6. The van der Waals surface area contributed by atoms with E-state index >= 15 is 0 Å². The van der Waals surface area contributed by atoms with Crippen molar-refractivity contribution in [1.29, 1.82) is 0 Å². The van der Waals surface area contributed by atoms with E-state index in [-0.39, 0.29) is 11.1 Å². The standard InChI is InChI=1S/C16H12N2O2/c19-15-13-9-8-12(10-14(13)16(20)18-17-15)7-6-11-4-2-1-3-5-11/h1-10H,(H,17,19)(H,18,20)/b7-6+. The van der Waals surface area contributed by atoms with Crippen molar-refractivity contribution >= 4 is 22.9 Å². The molecule has 0 fully saturated rings. The van der Waals surface area contributed by atoms with Crippen LogP contribution in [0.25, 0.3) is 22.9 Å². The van der Waals surface area contributed by atoms with Crippen molar-refractivity contribution in [3.63, 3.8) is 0 Å². The van der Waals surface area contributed by atoms with Crippen LogP contribution in [0.3, 0.4) is 0 Å². The molecule has 0 aliphatic rings. The van der Waals surface area contributed by atoms with Gasteiger partial charge in [0.1, 0.15) is 0 Å². The molecule has 0 radical (unpaired) electrons. The molecule has 0 aliphatic heterocycles. The van der Waals surface area contributed by atoms with Gasteiger partial charge >= 0.3 is 0 Å². The Morgan fingerprint density at radius 1 is 0.700 bits per heavy atom. The second-order valence-electron chi connectivity index (χ2n) is 4.46. The van der Waals surface area contributed by atoms with Crippen LogP contribution in [0.1, 0.15) is 11.1 Å². The number of nitrogens with one attached hydrogen (secondary N) is 2. The van der Waals surface area contributed by atoms with Crippen molar-refractivity contribution in [2.75, 3.05) is 0 Å². The zero-order valence-corrected chi connectivity index (χ0v) is 10.6. The molecule has 1 heterocycles. The monoisotopic (exact) mass is 264 g/mol. The smallest absolute Gasteiger partial charge is 0.267 e. The highest BCUT2D eigenvalue weighted by atomic mass is 16.1. The topological polar surface area (TPSA) is 65.7 Å². The second-order valence-corrected chi connectivity index (χ2v) is 4.46. The second kappa shape index (κ2) is 5.01. The maximum atomic E-state index is 11.7. The summed E-state index contributed by atoms with van der Waals surface area (Å²) in [6, 6.07) is 15.1. The molecule has 0 atom stereocenters. The Hall–Kier alpha value is -2.88. The molecule has 98 valence electrons. The highest BCUT2D eigenvalue weighted by Crippen LogP contribution is 2.12. The molecular formula is C16H12N2O2. The molecule has 0 spiro atoms. The molecule has 0 aliphatic carbocycles. The fraction of sp³-hybridized carbons (Fsp3) is 0. The minimum atomic E-state index is -0.297. The van der Waals surface area contributed by atoms with Gasteiger partial charge in [-0.15, -0.1) is 0 Å². The van der Waals surface area contributed by atoms with Gasteiger partial charge in [0.25, 0.3) is 11.1 Å². The molecule has 3 rings (SSSR count). The lowest BCUT2D eigenvalue weighted by Gasteiger charge is -1.98. The van der Waals surface area contributed by atoms with Gasteiger partial charge in [0.2, 0.25) is 0 Å². The van der Waals surface area contributed by atoms with Crippen LogP contribution in [-0.2, 0) is 0 Å². The van der Waals surface area contributed by atoms with E-state index in [0.29, 0.717) is 10.8 Å². The Kier molecular flexibility index (Phi) is 3.05. The molecular weight excluding hydrogens is 252 g/mol. The van der Waals surface area contributed by atoms with Gasteiger partial charge in [-0.25, -0.2) is 0 Å². The number of H-pyrrole nitrogens is 2. The van der Waals surface area contributed by atoms with Crippen molar-refractivity contribution in [2.45, 2.75) is 0 Å². The number of rotatable bonds is 2. The van der Waals surface area contributed by atoms with Crippen LogP contribution in [0.2, 0.25) is 0 Å². The summed E-state index contributed by atoms with van der Waals surface area (Å²) in [5, 5.41) is 5.42. The highest BCUT2D eigenvalue weighted by Gasteiger charge is 2.02. The molecule has 0 unspecified atom stereocenters. The van der Waals surface area contributed by atoms with Crippen LogP contribution < -0.4 is 11.1 Å². The first-order valence-electron chi connectivity index (χ1n) is 6.22. The molecule has 20 heavy (non-hydrogen) atoms. The fourth-order valence-corrected chi connectivity index (χ4v) is 2.06. The van der Waals surface area contributed by atoms with Crippen LogP contribution in [0.5, 0.6) is 0 Å². The number of fused-ring (bicyclic) bond motifs is 1. The van der Waals surface area contributed by atoms with Gasteiger partial charge in [0.05, 0.1) is 10.8 Å². The van der Waals surface area contributed by atoms with Crippen LogP contribution in [0, 0.1) is 0 Å².